The summed E-state index contributed by atoms with van der Waals surface area (Å²) in [5, 5.41) is 3.02. The molecule has 0 radical (unpaired) electrons. The van der Waals surface area contributed by atoms with Crippen molar-refractivity contribution in [1.29, 1.82) is 0 Å². The average Bonchev–Trinajstić information content (AvgIpc) is 2.63. The molecule has 2 aromatic rings. The summed E-state index contributed by atoms with van der Waals surface area (Å²) in [6.07, 6.45) is 6.83. The lowest BCUT2D eigenvalue weighted by molar-refractivity contribution is 0.165. The molecule has 24 heavy (non-hydrogen) atoms. The van der Waals surface area contributed by atoms with Gasteiger partial charge < -0.3 is 10.2 Å². The number of aromatic nitrogens is 1. The fourth-order valence-electron chi connectivity index (χ4n) is 3.26. The molecule has 1 aromatic carbocycles. The van der Waals surface area contributed by atoms with Crippen LogP contribution in [0.4, 0.5) is 4.79 Å². The number of nitrogens with zero attached hydrogens (tertiary/aromatic N) is 2. The molecule has 0 saturated carbocycles. The van der Waals surface area contributed by atoms with Gasteiger partial charge in [-0.25, -0.2) is 4.79 Å². The van der Waals surface area contributed by atoms with E-state index in [2.05, 4.69) is 41.5 Å². The van der Waals surface area contributed by atoms with E-state index in [0.717, 1.165) is 31.5 Å². The Morgan fingerprint density at radius 1 is 1.17 bits per heavy atom. The maximum Gasteiger partial charge on any atom is 0.317 e. The highest BCUT2D eigenvalue weighted by molar-refractivity contribution is 5.74. The summed E-state index contributed by atoms with van der Waals surface area (Å²) in [4.78, 5) is 18.4. The van der Waals surface area contributed by atoms with E-state index in [9.17, 15) is 4.79 Å². The number of hydrogen-bond donors (Lipinski definition) is 1. The summed E-state index contributed by atoms with van der Waals surface area (Å²) in [5.41, 5.74) is 3.73. The zero-order valence-corrected chi connectivity index (χ0v) is 14.2. The first kappa shape index (κ1) is 16.5. The maximum absolute atomic E-state index is 12.4. The smallest absolute Gasteiger partial charge is 0.317 e. The van der Waals surface area contributed by atoms with Gasteiger partial charge in [-0.1, -0.05) is 29.8 Å². The molecule has 0 spiro atoms. The highest BCUT2D eigenvalue weighted by Crippen LogP contribution is 2.21. The monoisotopic (exact) mass is 323 g/mol. The lowest BCUT2D eigenvalue weighted by Gasteiger charge is -2.33. The highest BCUT2D eigenvalue weighted by Gasteiger charge is 2.23. The zero-order valence-electron chi connectivity index (χ0n) is 14.2. The van der Waals surface area contributed by atoms with Crippen molar-refractivity contribution in [3.63, 3.8) is 0 Å². The molecule has 4 nitrogen and oxygen atoms in total. The molecular weight excluding hydrogens is 298 g/mol. The molecule has 4 heteroatoms. The van der Waals surface area contributed by atoms with E-state index in [1.165, 1.54) is 17.5 Å². The third-order valence-corrected chi connectivity index (χ3v) is 4.64. The third kappa shape index (κ3) is 4.57. The number of benzene rings is 1. The molecule has 1 aromatic heterocycles. The van der Waals surface area contributed by atoms with Gasteiger partial charge >= 0.3 is 6.03 Å². The van der Waals surface area contributed by atoms with E-state index in [0.29, 0.717) is 12.5 Å². The Hall–Kier alpha value is -2.36. The van der Waals surface area contributed by atoms with Crippen LogP contribution in [0.2, 0.25) is 0 Å². The van der Waals surface area contributed by atoms with Crippen molar-refractivity contribution in [2.45, 2.75) is 32.7 Å². The van der Waals surface area contributed by atoms with Gasteiger partial charge in [0.15, 0.2) is 0 Å². The minimum Gasteiger partial charge on any atom is -0.334 e. The van der Waals surface area contributed by atoms with Crippen LogP contribution in [0.1, 0.15) is 29.5 Å². The molecule has 126 valence electrons. The van der Waals surface area contributed by atoms with E-state index in [1.54, 1.807) is 12.4 Å². The van der Waals surface area contributed by atoms with Crippen LogP contribution >= 0.6 is 0 Å². The molecule has 2 heterocycles. The Bertz CT molecular complexity index is 654. The van der Waals surface area contributed by atoms with Crippen molar-refractivity contribution < 1.29 is 4.79 Å². The third-order valence-electron chi connectivity index (χ3n) is 4.64. The van der Waals surface area contributed by atoms with Crippen LogP contribution in [0.5, 0.6) is 0 Å². The zero-order chi connectivity index (χ0) is 16.8. The Labute approximate surface area is 143 Å². The van der Waals surface area contributed by atoms with Crippen LogP contribution in [-0.4, -0.2) is 29.0 Å². The van der Waals surface area contributed by atoms with Crippen LogP contribution < -0.4 is 5.32 Å². The van der Waals surface area contributed by atoms with Gasteiger partial charge in [0.25, 0.3) is 0 Å². The number of amides is 2. The molecular formula is C20H25N3O. The average molecular weight is 323 g/mol. The molecule has 0 aliphatic carbocycles. The first-order valence-electron chi connectivity index (χ1n) is 8.68. The Morgan fingerprint density at radius 3 is 2.67 bits per heavy atom. The number of piperidine rings is 1. The van der Waals surface area contributed by atoms with Crippen LogP contribution in [0, 0.1) is 12.8 Å². The number of carbonyl (C=O) groups is 1. The van der Waals surface area contributed by atoms with Gasteiger partial charge in [-0.05, 0) is 55.4 Å². The van der Waals surface area contributed by atoms with Gasteiger partial charge in [0.2, 0.25) is 0 Å². The van der Waals surface area contributed by atoms with Gasteiger partial charge in [-0.3, -0.25) is 4.98 Å². The highest BCUT2D eigenvalue weighted by atomic mass is 16.2. The minimum atomic E-state index is 0.0421. The Morgan fingerprint density at radius 2 is 1.92 bits per heavy atom. The topological polar surface area (TPSA) is 45.2 Å². The van der Waals surface area contributed by atoms with E-state index in [4.69, 9.17) is 0 Å². The standard InChI is InChI=1S/C20H25N3O/c1-16-4-6-17(7-5-16)13-19-3-2-12-23(15-19)20(24)22-14-18-8-10-21-11-9-18/h4-11,19H,2-3,12-15H2,1H3,(H,22,24)/t19-/m0/s1. The fourth-order valence-corrected chi connectivity index (χ4v) is 3.26. The summed E-state index contributed by atoms with van der Waals surface area (Å²) in [7, 11) is 0. The Kier molecular flexibility index (Phi) is 5.47. The number of carbonyl (C=O) groups excluding carboxylic acids is 1. The number of rotatable bonds is 4. The SMILES string of the molecule is Cc1ccc(C[C@@H]2CCCN(C(=O)NCc3ccncc3)C2)cc1. The van der Waals surface area contributed by atoms with Crippen molar-refractivity contribution in [3.05, 3.63) is 65.5 Å². The second-order valence-electron chi connectivity index (χ2n) is 6.66. The summed E-state index contributed by atoms with van der Waals surface area (Å²) in [6.45, 7) is 4.36. The van der Waals surface area contributed by atoms with Gasteiger partial charge in [0, 0.05) is 32.0 Å². The van der Waals surface area contributed by atoms with Gasteiger partial charge in [-0.15, -0.1) is 0 Å². The summed E-state index contributed by atoms with van der Waals surface area (Å²) in [6, 6.07) is 12.6. The number of urea groups is 1. The predicted octanol–water partition coefficient (Wildman–Crippen LogP) is 3.55. The number of hydrogen-bond acceptors (Lipinski definition) is 2. The van der Waals surface area contributed by atoms with Crippen LogP contribution in [0.3, 0.4) is 0 Å². The van der Waals surface area contributed by atoms with Crippen LogP contribution in [0.25, 0.3) is 0 Å². The van der Waals surface area contributed by atoms with Gasteiger partial charge in [-0.2, -0.15) is 0 Å². The number of pyridine rings is 1. The molecule has 3 rings (SSSR count). The van der Waals surface area contributed by atoms with Crippen molar-refractivity contribution in [1.82, 2.24) is 15.2 Å². The Balaban J connectivity index is 1.51. The lowest BCUT2D eigenvalue weighted by atomic mass is 9.91. The first-order chi connectivity index (χ1) is 11.7. The molecule has 1 N–H and O–H groups in total. The van der Waals surface area contributed by atoms with Crippen LogP contribution in [0.15, 0.2) is 48.8 Å². The predicted molar refractivity (Wildman–Crippen MR) is 95.7 cm³/mol. The maximum atomic E-state index is 12.4. The van der Waals surface area contributed by atoms with Gasteiger partial charge in [0.05, 0.1) is 0 Å². The van der Waals surface area contributed by atoms with E-state index < -0.39 is 0 Å². The van der Waals surface area contributed by atoms with Crippen molar-refractivity contribution in [2.75, 3.05) is 13.1 Å². The van der Waals surface area contributed by atoms with Gasteiger partial charge in [0.1, 0.15) is 0 Å². The molecule has 0 unspecified atom stereocenters. The minimum absolute atomic E-state index is 0.0421. The number of likely N-dealkylation sites (tertiary alicyclic amines) is 1. The first-order valence-corrected chi connectivity index (χ1v) is 8.68. The van der Waals surface area contributed by atoms with Crippen molar-refractivity contribution in [2.24, 2.45) is 5.92 Å². The molecule has 2 amide bonds. The van der Waals surface area contributed by atoms with Crippen molar-refractivity contribution >= 4 is 6.03 Å². The summed E-state index contributed by atoms with van der Waals surface area (Å²) < 4.78 is 0. The molecule has 1 aliphatic rings. The quantitative estimate of drug-likeness (QED) is 0.935. The largest absolute Gasteiger partial charge is 0.334 e. The van der Waals surface area contributed by atoms with Crippen molar-refractivity contribution in [3.8, 4) is 0 Å². The number of nitrogens with one attached hydrogen (secondary N) is 1. The normalized spacial score (nSPS) is 17.5. The van der Waals surface area contributed by atoms with E-state index >= 15 is 0 Å². The summed E-state index contributed by atoms with van der Waals surface area (Å²) >= 11 is 0. The lowest BCUT2D eigenvalue weighted by Crippen LogP contribution is -2.45. The molecule has 1 fully saturated rings. The van der Waals surface area contributed by atoms with E-state index in [1.807, 2.05) is 17.0 Å². The number of aryl methyl sites for hydroxylation is 1. The molecule has 1 saturated heterocycles. The molecule has 1 aliphatic heterocycles. The second-order valence-corrected chi connectivity index (χ2v) is 6.66. The second kappa shape index (κ2) is 7.95. The summed E-state index contributed by atoms with van der Waals surface area (Å²) in [5.74, 6) is 0.549. The molecule has 0 bridgehead atoms. The molecule has 1 atom stereocenters. The van der Waals surface area contributed by atoms with E-state index in [-0.39, 0.29) is 6.03 Å². The van der Waals surface area contributed by atoms with Crippen LogP contribution in [-0.2, 0) is 13.0 Å². The fraction of sp³-hybridized carbons (Fsp3) is 0.400.